The second kappa shape index (κ2) is 4.97. The monoisotopic (exact) mass is 307 g/mol. The van der Waals surface area contributed by atoms with Crippen molar-refractivity contribution in [2.75, 3.05) is 18.6 Å². The average molecular weight is 308 g/mol. The maximum atomic E-state index is 12.9. The van der Waals surface area contributed by atoms with Gasteiger partial charge in [0.2, 0.25) is 5.91 Å². The molecule has 0 N–H and O–H groups in total. The Balaban J connectivity index is 2.31. The summed E-state index contributed by atoms with van der Waals surface area (Å²) in [5.41, 5.74) is 0.428. The third kappa shape index (κ3) is 2.82. The zero-order valence-electron chi connectivity index (χ0n) is 9.97. The van der Waals surface area contributed by atoms with Gasteiger partial charge < -0.3 is 9.64 Å². The van der Waals surface area contributed by atoms with Crippen LogP contribution >= 0.6 is 11.6 Å². The van der Waals surface area contributed by atoms with Gasteiger partial charge in [-0.2, -0.15) is 8.42 Å². The number of rotatable bonds is 3. The minimum absolute atomic E-state index is 0.206. The zero-order chi connectivity index (χ0) is 14.2. The highest BCUT2D eigenvalue weighted by atomic mass is 35.5. The molecule has 1 aromatic rings. The van der Waals surface area contributed by atoms with Crippen LogP contribution in [0.25, 0.3) is 0 Å². The molecule has 1 aromatic carbocycles. The molecule has 0 radical (unpaired) electrons. The number of anilines is 1. The zero-order valence-corrected chi connectivity index (χ0v) is 11.5. The lowest BCUT2D eigenvalue weighted by Gasteiger charge is -2.17. The molecule has 0 spiro atoms. The molecule has 1 aliphatic rings. The van der Waals surface area contributed by atoms with Gasteiger partial charge in [0, 0.05) is 24.7 Å². The quantitative estimate of drug-likeness (QED) is 0.798. The Bertz CT molecular complexity index is 619. The molecule has 1 atom stereocenters. The average Bonchev–Trinajstić information content (AvgIpc) is 2.72. The number of nitrogens with zero attached hydrogens (tertiary/aromatic N) is 1. The van der Waals surface area contributed by atoms with E-state index in [0.717, 1.165) is 0 Å². The second-order valence-electron chi connectivity index (χ2n) is 4.12. The Morgan fingerprint density at radius 3 is 2.68 bits per heavy atom. The van der Waals surface area contributed by atoms with Crippen LogP contribution in [0.5, 0.6) is 5.75 Å². The summed E-state index contributed by atoms with van der Waals surface area (Å²) in [4.78, 5) is 12.9. The van der Waals surface area contributed by atoms with Crippen LogP contribution in [0.1, 0.15) is 6.42 Å². The number of amides is 1. The van der Waals surface area contributed by atoms with Gasteiger partial charge in [0.05, 0.1) is 12.1 Å². The normalized spacial score (nSPS) is 19.8. The second-order valence-corrected chi connectivity index (χ2v) is 6.15. The molecule has 19 heavy (non-hydrogen) atoms. The van der Waals surface area contributed by atoms with Crippen molar-refractivity contribution in [2.24, 2.45) is 0 Å². The third-order valence-electron chi connectivity index (χ3n) is 2.93. The van der Waals surface area contributed by atoms with Crippen molar-refractivity contribution >= 4 is 33.4 Å². The number of halogens is 2. The van der Waals surface area contributed by atoms with E-state index in [1.165, 1.54) is 24.1 Å². The van der Waals surface area contributed by atoms with Crippen molar-refractivity contribution in [1.29, 1.82) is 0 Å². The van der Waals surface area contributed by atoms with E-state index in [1.54, 1.807) is 6.07 Å². The van der Waals surface area contributed by atoms with E-state index in [1.807, 2.05) is 0 Å². The minimum atomic E-state index is -4.72. The fourth-order valence-electron chi connectivity index (χ4n) is 1.93. The van der Waals surface area contributed by atoms with Gasteiger partial charge in [-0.1, -0.05) is 11.6 Å². The van der Waals surface area contributed by atoms with Gasteiger partial charge in [-0.3, -0.25) is 4.79 Å². The molecule has 8 heteroatoms. The largest absolute Gasteiger partial charge is 0.495 e. The molecule has 0 bridgehead atoms. The molecule has 104 valence electrons. The van der Waals surface area contributed by atoms with Crippen LogP contribution in [0, 0.1) is 0 Å². The Hall–Kier alpha value is -1.34. The number of benzene rings is 1. The van der Waals surface area contributed by atoms with Crippen LogP contribution < -0.4 is 9.64 Å². The van der Waals surface area contributed by atoms with Crippen LogP contribution in [0.2, 0.25) is 5.02 Å². The minimum Gasteiger partial charge on any atom is -0.495 e. The van der Waals surface area contributed by atoms with E-state index in [-0.39, 0.29) is 13.0 Å². The first-order valence-corrected chi connectivity index (χ1v) is 7.22. The smallest absolute Gasteiger partial charge is 0.307 e. The topological polar surface area (TPSA) is 63.7 Å². The summed E-state index contributed by atoms with van der Waals surface area (Å²) in [6.45, 7) is -0.206. The number of methoxy groups -OCH3 is 1. The molecular formula is C11H11ClFNO4S. The Morgan fingerprint density at radius 2 is 2.16 bits per heavy atom. The van der Waals surface area contributed by atoms with Crippen LogP contribution in [-0.4, -0.2) is 33.2 Å². The van der Waals surface area contributed by atoms with Gasteiger partial charge in [-0.15, -0.1) is 3.89 Å². The Kier molecular flexibility index (Phi) is 3.69. The van der Waals surface area contributed by atoms with E-state index < -0.39 is 21.4 Å². The van der Waals surface area contributed by atoms with Gasteiger partial charge >= 0.3 is 10.2 Å². The van der Waals surface area contributed by atoms with Crippen molar-refractivity contribution in [2.45, 2.75) is 11.7 Å². The summed E-state index contributed by atoms with van der Waals surface area (Å²) in [5.74, 6) is -0.0888. The number of carbonyl (C=O) groups excluding carboxylic acids is 1. The van der Waals surface area contributed by atoms with E-state index in [9.17, 15) is 17.1 Å². The molecule has 0 aliphatic carbocycles. The number of hydrogen-bond acceptors (Lipinski definition) is 4. The molecule has 5 nitrogen and oxygen atoms in total. The summed E-state index contributed by atoms with van der Waals surface area (Å²) in [6, 6.07) is 4.59. The van der Waals surface area contributed by atoms with Crippen LogP contribution in [0.4, 0.5) is 9.57 Å². The van der Waals surface area contributed by atoms with Crippen LogP contribution in [0.15, 0.2) is 18.2 Å². The van der Waals surface area contributed by atoms with Crippen molar-refractivity contribution in [1.82, 2.24) is 0 Å². The van der Waals surface area contributed by atoms with Gasteiger partial charge in [-0.25, -0.2) is 0 Å². The van der Waals surface area contributed by atoms with E-state index in [0.29, 0.717) is 16.5 Å². The number of ether oxygens (including phenoxy) is 1. The molecule has 1 fully saturated rings. The summed E-state index contributed by atoms with van der Waals surface area (Å²) in [5, 5.41) is -0.950. The summed E-state index contributed by atoms with van der Waals surface area (Å²) in [6.07, 6.45) is -0.357. The first kappa shape index (κ1) is 14.1. The molecule has 1 aliphatic heterocycles. The molecule has 1 heterocycles. The van der Waals surface area contributed by atoms with Crippen molar-refractivity contribution < 1.29 is 21.8 Å². The lowest BCUT2D eigenvalue weighted by molar-refractivity contribution is -0.117. The molecule has 2 rings (SSSR count). The Labute approximate surface area is 115 Å². The molecular weight excluding hydrogens is 297 g/mol. The first-order chi connectivity index (χ1) is 8.82. The Morgan fingerprint density at radius 1 is 1.47 bits per heavy atom. The maximum absolute atomic E-state index is 12.9. The third-order valence-corrected chi connectivity index (χ3v) is 4.36. The first-order valence-electron chi connectivity index (χ1n) is 5.40. The lowest BCUT2D eigenvalue weighted by Crippen LogP contribution is -2.26. The fourth-order valence-corrected chi connectivity index (χ4v) is 2.79. The maximum Gasteiger partial charge on any atom is 0.307 e. The highest BCUT2D eigenvalue weighted by molar-refractivity contribution is 7.87. The van der Waals surface area contributed by atoms with Gasteiger partial charge in [0.25, 0.3) is 0 Å². The van der Waals surface area contributed by atoms with Crippen molar-refractivity contribution in [3.63, 3.8) is 0 Å². The van der Waals surface area contributed by atoms with Crippen LogP contribution in [-0.2, 0) is 15.0 Å². The summed E-state index contributed by atoms with van der Waals surface area (Å²) in [7, 11) is -3.30. The summed E-state index contributed by atoms with van der Waals surface area (Å²) < 4.78 is 39.6. The van der Waals surface area contributed by atoms with E-state index >= 15 is 0 Å². The van der Waals surface area contributed by atoms with Crippen molar-refractivity contribution in [3.05, 3.63) is 23.2 Å². The molecule has 1 amide bonds. The van der Waals surface area contributed by atoms with Crippen LogP contribution in [0.3, 0.4) is 0 Å². The van der Waals surface area contributed by atoms with Gasteiger partial charge in [0.15, 0.2) is 0 Å². The number of hydrogen-bond donors (Lipinski definition) is 0. The molecule has 0 aromatic heterocycles. The standard InChI is InChI=1S/C11H11ClFNO4S/c1-18-10-4-7(2-3-9(10)12)14-6-8(5-11(14)15)19(13,16)17/h2-4,8H,5-6H2,1H3. The van der Waals surface area contributed by atoms with Gasteiger partial charge in [0.1, 0.15) is 11.0 Å². The van der Waals surface area contributed by atoms with Gasteiger partial charge in [-0.05, 0) is 12.1 Å². The highest BCUT2D eigenvalue weighted by Crippen LogP contribution is 2.32. The lowest BCUT2D eigenvalue weighted by atomic mass is 10.3. The highest BCUT2D eigenvalue weighted by Gasteiger charge is 2.39. The summed E-state index contributed by atoms with van der Waals surface area (Å²) >= 11 is 5.86. The SMILES string of the molecule is COc1cc(N2CC(S(=O)(=O)F)CC2=O)ccc1Cl. The van der Waals surface area contributed by atoms with E-state index in [4.69, 9.17) is 16.3 Å². The number of carbonyl (C=O) groups is 1. The predicted molar refractivity (Wildman–Crippen MR) is 68.8 cm³/mol. The molecule has 1 unspecified atom stereocenters. The van der Waals surface area contributed by atoms with E-state index in [2.05, 4.69) is 0 Å². The molecule has 0 saturated carbocycles. The molecule has 1 saturated heterocycles. The predicted octanol–water partition coefficient (Wildman–Crippen LogP) is 1.75. The van der Waals surface area contributed by atoms with Crippen molar-refractivity contribution in [3.8, 4) is 5.75 Å². The fraction of sp³-hybridized carbons (Fsp3) is 0.364.